The van der Waals surface area contributed by atoms with Gasteiger partial charge in [-0.25, -0.2) is 9.89 Å². The Labute approximate surface area is 95.5 Å². The molecule has 0 atom stereocenters. The Morgan fingerprint density at radius 2 is 2.35 bits per heavy atom. The van der Waals surface area contributed by atoms with Crippen LogP contribution in [0, 0.1) is 0 Å². The van der Waals surface area contributed by atoms with Gasteiger partial charge in [0.25, 0.3) is 0 Å². The van der Waals surface area contributed by atoms with Crippen LogP contribution in [-0.4, -0.2) is 35.6 Å². The van der Waals surface area contributed by atoms with Gasteiger partial charge in [-0.1, -0.05) is 0 Å². The van der Waals surface area contributed by atoms with Crippen molar-refractivity contribution in [2.45, 2.75) is 13.0 Å². The smallest absolute Gasteiger partial charge is 0.343 e. The SMILES string of the molecule is Cn1ccc(-c2n[nH]c(=O)n2CCC(=O)O)n1. The van der Waals surface area contributed by atoms with Crippen molar-refractivity contribution in [3.05, 3.63) is 22.7 Å². The van der Waals surface area contributed by atoms with Gasteiger partial charge in [0.1, 0.15) is 5.69 Å². The number of aromatic amines is 1. The number of aryl methyl sites for hydroxylation is 1. The first-order chi connectivity index (χ1) is 8.08. The predicted molar refractivity (Wildman–Crippen MR) is 57.3 cm³/mol. The summed E-state index contributed by atoms with van der Waals surface area (Å²) in [5, 5.41) is 18.8. The maximum absolute atomic E-state index is 11.5. The number of carboxylic acids is 1. The molecule has 0 fully saturated rings. The molecule has 8 nitrogen and oxygen atoms in total. The van der Waals surface area contributed by atoms with Gasteiger partial charge in [0, 0.05) is 19.8 Å². The standard InChI is InChI=1S/C9H11N5O3/c1-13-4-2-6(12-13)8-10-11-9(17)14(8)5-3-7(15)16/h2,4H,3,5H2,1H3,(H,11,17)(H,15,16). The van der Waals surface area contributed by atoms with E-state index in [4.69, 9.17) is 5.11 Å². The molecule has 0 aliphatic heterocycles. The fourth-order valence-corrected chi connectivity index (χ4v) is 1.46. The number of hydrogen-bond acceptors (Lipinski definition) is 4. The number of carbonyl (C=O) groups is 1. The molecule has 0 radical (unpaired) electrons. The van der Waals surface area contributed by atoms with Gasteiger partial charge in [-0.2, -0.15) is 10.2 Å². The normalized spacial score (nSPS) is 10.6. The van der Waals surface area contributed by atoms with Crippen molar-refractivity contribution in [2.75, 3.05) is 0 Å². The minimum absolute atomic E-state index is 0.0660. The Balaban J connectivity index is 2.35. The quantitative estimate of drug-likeness (QED) is 0.741. The molecule has 90 valence electrons. The molecule has 2 aromatic rings. The Morgan fingerprint density at radius 3 is 2.94 bits per heavy atom. The van der Waals surface area contributed by atoms with Crippen LogP contribution >= 0.6 is 0 Å². The number of rotatable bonds is 4. The molecule has 0 aliphatic rings. The van der Waals surface area contributed by atoms with Gasteiger partial charge < -0.3 is 5.11 Å². The lowest BCUT2D eigenvalue weighted by Gasteiger charge is -2.00. The molecule has 0 bridgehead atoms. The molecule has 0 spiro atoms. The van der Waals surface area contributed by atoms with Crippen LogP contribution < -0.4 is 5.69 Å². The maximum Gasteiger partial charge on any atom is 0.343 e. The Kier molecular flexibility index (Phi) is 2.77. The lowest BCUT2D eigenvalue weighted by molar-refractivity contribution is -0.137. The van der Waals surface area contributed by atoms with Crippen LogP contribution in [0.3, 0.4) is 0 Å². The third-order valence-corrected chi connectivity index (χ3v) is 2.25. The lowest BCUT2D eigenvalue weighted by atomic mass is 10.4. The van der Waals surface area contributed by atoms with E-state index >= 15 is 0 Å². The molecule has 0 aromatic carbocycles. The van der Waals surface area contributed by atoms with Crippen LogP contribution in [0.15, 0.2) is 17.1 Å². The lowest BCUT2D eigenvalue weighted by Crippen LogP contribution is -2.19. The number of nitrogens with zero attached hydrogens (tertiary/aromatic N) is 4. The van der Waals surface area contributed by atoms with Gasteiger partial charge >= 0.3 is 11.7 Å². The van der Waals surface area contributed by atoms with Crippen molar-refractivity contribution in [1.29, 1.82) is 0 Å². The van der Waals surface area contributed by atoms with Crippen molar-refractivity contribution >= 4 is 5.97 Å². The average molecular weight is 237 g/mol. The molecule has 0 unspecified atom stereocenters. The first-order valence-electron chi connectivity index (χ1n) is 4.95. The van der Waals surface area contributed by atoms with Crippen LogP contribution in [0.25, 0.3) is 11.5 Å². The van der Waals surface area contributed by atoms with Gasteiger partial charge in [-0.15, -0.1) is 0 Å². The van der Waals surface area contributed by atoms with E-state index in [1.807, 2.05) is 0 Å². The van der Waals surface area contributed by atoms with Gasteiger partial charge in [0.05, 0.1) is 6.42 Å². The second-order valence-electron chi connectivity index (χ2n) is 3.52. The largest absolute Gasteiger partial charge is 0.481 e. The number of aliphatic carboxylic acids is 1. The summed E-state index contributed by atoms with van der Waals surface area (Å²) in [6, 6.07) is 1.70. The number of H-pyrrole nitrogens is 1. The van der Waals surface area contributed by atoms with E-state index in [1.165, 1.54) is 4.57 Å². The number of carboxylic acid groups (broad SMARTS) is 1. The highest BCUT2D eigenvalue weighted by molar-refractivity contribution is 5.66. The molecule has 2 aromatic heterocycles. The third-order valence-electron chi connectivity index (χ3n) is 2.25. The first-order valence-corrected chi connectivity index (χ1v) is 4.95. The van der Waals surface area contributed by atoms with Crippen molar-refractivity contribution in [1.82, 2.24) is 24.5 Å². The molecular weight excluding hydrogens is 226 g/mol. The fourth-order valence-electron chi connectivity index (χ4n) is 1.46. The molecule has 0 amide bonds. The van der Waals surface area contributed by atoms with Crippen LogP contribution in [0.5, 0.6) is 0 Å². The van der Waals surface area contributed by atoms with Gasteiger partial charge in [-0.05, 0) is 6.07 Å². The summed E-state index contributed by atoms with van der Waals surface area (Å²) in [6.45, 7) is 0.0660. The van der Waals surface area contributed by atoms with Gasteiger partial charge in [-0.3, -0.25) is 14.0 Å². The summed E-state index contributed by atoms with van der Waals surface area (Å²) < 4.78 is 2.84. The molecule has 2 rings (SSSR count). The minimum atomic E-state index is -0.968. The van der Waals surface area contributed by atoms with Crippen molar-refractivity contribution in [2.24, 2.45) is 7.05 Å². The zero-order valence-electron chi connectivity index (χ0n) is 9.12. The second-order valence-corrected chi connectivity index (χ2v) is 3.52. The summed E-state index contributed by atoms with van der Waals surface area (Å²) in [7, 11) is 1.75. The van der Waals surface area contributed by atoms with Crippen molar-refractivity contribution in [3.63, 3.8) is 0 Å². The summed E-state index contributed by atoms with van der Waals surface area (Å²) in [6.07, 6.45) is 1.58. The molecule has 8 heteroatoms. The van der Waals surface area contributed by atoms with E-state index in [-0.39, 0.29) is 13.0 Å². The summed E-state index contributed by atoms with van der Waals surface area (Å²) >= 11 is 0. The van der Waals surface area contributed by atoms with E-state index in [0.29, 0.717) is 11.5 Å². The summed E-state index contributed by atoms with van der Waals surface area (Å²) in [4.78, 5) is 21.9. The average Bonchev–Trinajstić information content (AvgIpc) is 2.82. The third kappa shape index (κ3) is 2.25. The Bertz CT molecular complexity index is 594. The topological polar surface area (TPSA) is 106 Å². The predicted octanol–water partition coefficient (Wildman–Crippen LogP) is -0.553. The van der Waals surface area contributed by atoms with E-state index in [2.05, 4.69) is 15.3 Å². The Morgan fingerprint density at radius 1 is 1.59 bits per heavy atom. The monoisotopic (exact) mass is 237 g/mol. The molecular formula is C9H11N5O3. The summed E-state index contributed by atoms with van der Waals surface area (Å²) in [5.41, 5.74) is 0.0862. The van der Waals surface area contributed by atoms with Crippen LogP contribution in [0.1, 0.15) is 6.42 Å². The zero-order chi connectivity index (χ0) is 12.4. The minimum Gasteiger partial charge on any atom is -0.481 e. The highest BCUT2D eigenvalue weighted by Crippen LogP contribution is 2.11. The highest BCUT2D eigenvalue weighted by atomic mass is 16.4. The number of nitrogens with one attached hydrogen (secondary N) is 1. The van der Waals surface area contributed by atoms with Crippen molar-refractivity contribution in [3.8, 4) is 11.5 Å². The van der Waals surface area contributed by atoms with Crippen LogP contribution in [0.2, 0.25) is 0 Å². The summed E-state index contributed by atoms with van der Waals surface area (Å²) in [5.74, 6) is -0.623. The first kappa shape index (κ1) is 11.1. The number of aromatic nitrogens is 5. The van der Waals surface area contributed by atoms with Crippen molar-refractivity contribution < 1.29 is 9.90 Å². The second kappa shape index (κ2) is 4.24. The highest BCUT2D eigenvalue weighted by Gasteiger charge is 2.13. The number of hydrogen-bond donors (Lipinski definition) is 2. The molecule has 0 aliphatic carbocycles. The molecule has 2 N–H and O–H groups in total. The molecule has 17 heavy (non-hydrogen) atoms. The molecule has 0 saturated heterocycles. The Hall–Kier alpha value is -2.38. The zero-order valence-corrected chi connectivity index (χ0v) is 9.12. The maximum atomic E-state index is 11.5. The molecule has 2 heterocycles. The van der Waals surface area contributed by atoms with E-state index in [1.54, 1.807) is 24.0 Å². The fraction of sp³-hybridized carbons (Fsp3) is 0.333. The molecule has 0 saturated carbocycles. The van der Waals surface area contributed by atoms with Gasteiger partial charge in [0.15, 0.2) is 5.82 Å². The van der Waals surface area contributed by atoms with Gasteiger partial charge in [0.2, 0.25) is 0 Å². The van der Waals surface area contributed by atoms with E-state index < -0.39 is 11.7 Å². The van der Waals surface area contributed by atoms with Crippen LogP contribution in [0.4, 0.5) is 0 Å². The van der Waals surface area contributed by atoms with Crippen LogP contribution in [-0.2, 0) is 18.4 Å². The van der Waals surface area contributed by atoms with E-state index in [9.17, 15) is 9.59 Å². The van der Waals surface area contributed by atoms with E-state index in [0.717, 1.165) is 0 Å².